The summed E-state index contributed by atoms with van der Waals surface area (Å²) in [7, 11) is 0. The number of benzene rings is 1. The fourth-order valence-electron chi connectivity index (χ4n) is 1.53. The highest BCUT2D eigenvalue weighted by atomic mass is 35.5. The summed E-state index contributed by atoms with van der Waals surface area (Å²) < 4.78 is 38.5. The number of hydrogen-bond donors (Lipinski definition) is 2. The molecule has 102 valence electrons. The highest BCUT2D eigenvalue weighted by molar-refractivity contribution is 6.42. The van der Waals surface area contributed by atoms with Crippen LogP contribution in [0.2, 0.25) is 10.0 Å². The van der Waals surface area contributed by atoms with E-state index in [9.17, 15) is 18.3 Å². The third-order valence-electron chi connectivity index (χ3n) is 2.61. The third kappa shape index (κ3) is 2.20. The molecule has 0 fully saturated rings. The summed E-state index contributed by atoms with van der Waals surface area (Å²) in [4.78, 5) is 6.05. The predicted molar refractivity (Wildman–Crippen MR) is 66.3 cm³/mol. The molecular formula is C11H7Cl2F3N2O. The van der Waals surface area contributed by atoms with Gasteiger partial charge < -0.3 is 10.1 Å². The molecule has 0 amide bonds. The van der Waals surface area contributed by atoms with Crippen LogP contribution in [0, 0.1) is 0 Å². The summed E-state index contributed by atoms with van der Waals surface area (Å²) in [6.45, 7) is 3.00. The van der Waals surface area contributed by atoms with E-state index in [-0.39, 0.29) is 21.1 Å². The van der Waals surface area contributed by atoms with Crippen molar-refractivity contribution < 1.29 is 18.3 Å². The molecule has 0 aliphatic rings. The van der Waals surface area contributed by atoms with Crippen molar-refractivity contribution in [2.24, 2.45) is 0 Å². The molecule has 19 heavy (non-hydrogen) atoms. The monoisotopic (exact) mass is 310 g/mol. The lowest BCUT2D eigenvalue weighted by Crippen LogP contribution is -2.41. The smallest absolute Gasteiger partial charge is 0.370 e. The Morgan fingerprint density at radius 3 is 2.37 bits per heavy atom. The van der Waals surface area contributed by atoms with Gasteiger partial charge in [0, 0.05) is 0 Å². The van der Waals surface area contributed by atoms with Gasteiger partial charge in [0.1, 0.15) is 0 Å². The molecule has 0 unspecified atom stereocenters. The van der Waals surface area contributed by atoms with Gasteiger partial charge in [0.2, 0.25) is 5.60 Å². The molecule has 2 N–H and O–H groups in total. The van der Waals surface area contributed by atoms with E-state index in [1.54, 1.807) is 0 Å². The fourth-order valence-corrected chi connectivity index (χ4v) is 1.85. The first kappa shape index (κ1) is 14.2. The molecule has 1 atom stereocenters. The first-order valence-electron chi connectivity index (χ1n) is 4.97. The van der Waals surface area contributed by atoms with E-state index in [0.29, 0.717) is 6.08 Å². The standard InChI is InChI=1S/C11H7Cl2F3N2O/c1-2-10(19,11(14,15)16)9-17-7-3-5(12)6(13)4-8(7)18-9/h2-4,19H,1H2,(H,17,18)/t10-/m1/s1. The fraction of sp³-hybridized carbons (Fsp3) is 0.182. The number of aliphatic hydroxyl groups is 1. The van der Waals surface area contributed by atoms with Gasteiger partial charge in [-0.1, -0.05) is 29.8 Å². The number of nitrogens with one attached hydrogen (secondary N) is 1. The van der Waals surface area contributed by atoms with Crippen molar-refractivity contribution in [2.45, 2.75) is 11.8 Å². The molecule has 3 nitrogen and oxygen atoms in total. The normalized spacial score (nSPS) is 15.5. The first-order chi connectivity index (χ1) is 8.69. The van der Waals surface area contributed by atoms with Crippen molar-refractivity contribution in [2.75, 3.05) is 0 Å². The number of hydrogen-bond acceptors (Lipinski definition) is 2. The Balaban J connectivity index is 2.66. The molecular weight excluding hydrogens is 304 g/mol. The topological polar surface area (TPSA) is 48.9 Å². The lowest BCUT2D eigenvalue weighted by Gasteiger charge is -2.24. The van der Waals surface area contributed by atoms with Crippen molar-refractivity contribution in [1.29, 1.82) is 0 Å². The summed E-state index contributed by atoms with van der Waals surface area (Å²) in [5, 5.41) is 9.98. The maximum Gasteiger partial charge on any atom is 0.428 e. The molecule has 0 radical (unpaired) electrons. The van der Waals surface area contributed by atoms with Crippen LogP contribution in [0.25, 0.3) is 11.0 Å². The molecule has 1 aromatic heterocycles. The molecule has 0 spiro atoms. The van der Waals surface area contributed by atoms with E-state index >= 15 is 0 Å². The number of imidazole rings is 1. The van der Waals surface area contributed by atoms with Crippen LogP contribution < -0.4 is 0 Å². The van der Waals surface area contributed by atoms with Gasteiger partial charge in [-0.15, -0.1) is 0 Å². The van der Waals surface area contributed by atoms with E-state index in [2.05, 4.69) is 16.5 Å². The number of halogens is 5. The Bertz CT molecular complexity index is 614. The van der Waals surface area contributed by atoms with Gasteiger partial charge in [0.05, 0.1) is 21.1 Å². The maximum absolute atomic E-state index is 12.8. The number of rotatable bonds is 2. The van der Waals surface area contributed by atoms with Crippen LogP contribution in [0.3, 0.4) is 0 Å². The SMILES string of the molecule is C=C[C@@](O)(c1nc2cc(Cl)c(Cl)cc2[nH]1)C(F)(F)F. The Kier molecular flexibility index (Phi) is 3.28. The molecule has 2 aromatic rings. The van der Waals surface area contributed by atoms with Crippen LogP contribution in [-0.4, -0.2) is 21.3 Å². The van der Waals surface area contributed by atoms with Crippen molar-refractivity contribution in [3.05, 3.63) is 40.7 Å². The van der Waals surface area contributed by atoms with E-state index in [1.807, 2.05) is 0 Å². The molecule has 0 saturated carbocycles. The highest BCUT2D eigenvalue weighted by Gasteiger charge is 2.55. The van der Waals surface area contributed by atoms with E-state index in [0.717, 1.165) is 0 Å². The minimum absolute atomic E-state index is 0.154. The van der Waals surface area contributed by atoms with Crippen LogP contribution >= 0.6 is 23.2 Å². The number of alkyl halides is 3. The number of aromatic nitrogens is 2. The minimum Gasteiger partial charge on any atom is -0.370 e. The molecule has 0 bridgehead atoms. The largest absolute Gasteiger partial charge is 0.428 e. The second kappa shape index (κ2) is 4.40. The zero-order chi connectivity index (χ0) is 14.4. The van der Waals surface area contributed by atoms with Gasteiger partial charge in [0.15, 0.2) is 5.82 Å². The van der Waals surface area contributed by atoms with Gasteiger partial charge in [0.25, 0.3) is 0 Å². The maximum atomic E-state index is 12.8. The van der Waals surface area contributed by atoms with Gasteiger partial charge in [-0.2, -0.15) is 13.2 Å². The average Bonchev–Trinajstić information content (AvgIpc) is 2.70. The van der Waals surface area contributed by atoms with E-state index in [1.165, 1.54) is 12.1 Å². The average molecular weight is 311 g/mol. The summed E-state index contributed by atoms with van der Waals surface area (Å²) >= 11 is 11.5. The molecule has 1 heterocycles. The second-order valence-electron chi connectivity index (χ2n) is 3.84. The lowest BCUT2D eigenvalue weighted by molar-refractivity contribution is -0.247. The molecule has 1 aromatic carbocycles. The Labute approximate surface area is 115 Å². The Morgan fingerprint density at radius 2 is 1.84 bits per heavy atom. The van der Waals surface area contributed by atoms with Crippen molar-refractivity contribution in [3.63, 3.8) is 0 Å². The summed E-state index contributed by atoms with van der Waals surface area (Å²) in [6, 6.07) is 2.63. The van der Waals surface area contributed by atoms with Crippen molar-refractivity contribution in [1.82, 2.24) is 9.97 Å². The molecule has 0 saturated heterocycles. The van der Waals surface area contributed by atoms with Crippen molar-refractivity contribution >= 4 is 34.2 Å². The lowest BCUT2D eigenvalue weighted by atomic mass is 10.0. The minimum atomic E-state index is -4.95. The Morgan fingerprint density at radius 1 is 1.26 bits per heavy atom. The van der Waals surface area contributed by atoms with Gasteiger partial charge >= 0.3 is 6.18 Å². The predicted octanol–water partition coefficient (Wildman–Crippen LogP) is 3.81. The summed E-state index contributed by atoms with van der Waals surface area (Å²) in [5.74, 6) is -0.691. The van der Waals surface area contributed by atoms with Crippen LogP contribution in [0.4, 0.5) is 13.2 Å². The molecule has 0 aliphatic heterocycles. The summed E-state index contributed by atoms with van der Waals surface area (Å²) in [5.41, 5.74) is -2.87. The van der Waals surface area contributed by atoms with E-state index in [4.69, 9.17) is 23.2 Å². The number of H-pyrrole nitrogens is 1. The van der Waals surface area contributed by atoms with Crippen LogP contribution in [-0.2, 0) is 5.60 Å². The number of fused-ring (bicyclic) bond motifs is 1. The molecule has 2 rings (SSSR count). The first-order valence-corrected chi connectivity index (χ1v) is 5.72. The van der Waals surface area contributed by atoms with Crippen LogP contribution in [0.5, 0.6) is 0 Å². The van der Waals surface area contributed by atoms with Crippen LogP contribution in [0.15, 0.2) is 24.8 Å². The number of nitrogens with zero attached hydrogens (tertiary/aromatic N) is 1. The second-order valence-corrected chi connectivity index (χ2v) is 4.65. The Hall–Kier alpha value is -1.24. The highest BCUT2D eigenvalue weighted by Crippen LogP contribution is 2.39. The zero-order valence-corrected chi connectivity index (χ0v) is 10.7. The van der Waals surface area contributed by atoms with Gasteiger partial charge in [-0.3, -0.25) is 0 Å². The van der Waals surface area contributed by atoms with Gasteiger partial charge in [-0.05, 0) is 18.2 Å². The van der Waals surface area contributed by atoms with Crippen LogP contribution in [0.1, 0.15) is 5.82 Å². The number of aromatic amines is 1. The van der Waals surface area contributed by atoms with Crippen molar-refractivity contribution in [3.8, 4) is 0 Å². The molecule has 8 heteroatoms. The molecule has 0 aliphatic carbocycles. The quantitative estimate of drug-likeness (QED) is 0.829. The van der Waals surface area contributed by atoms with E-state index < -0.39 is 17.6 Å². The third-order valence-corrected chi connectivity index (χ3v) is 3.33. The van der Waals surface area contributed by atoms with Gasteiger partial charge in [-0.25, -0.2) is 4.98 Å². The zero-order valence-electron chi connectivity index (χ0n) is 9.22. The summed E-state index contributed by atoms with van der Waals surface area (Å²) in [6.07, 6.45) is -4.58.